The summed E-state index contributed by atoms with van der Waals surface area (Å²) in [6, 6.07) is 16.5. The molecule has 2 heterocycles. The van der Waals surface area contributed by atoms with Gasteiger partial charge in [0, 0.05) is 5.69 Å². The Labute approximate surface area is 198 Å². The van der Waals surface area contributed by atoms with Crippen LogP contribution in [0.5, 0.6) is 0 Å². The highest BCUT2D eigenvalue weighted by molar-refractivity contribution is 6.33. The molecule has 0 spiro atoms. The minimum atomic E-state index is -0.839. The van der Waals surface area contributed by atoms with E-state index >= 15 is 0 Å². The summed E-state index contributed by atoms with van der Waals surface area (Å²) in [7, 11) is 1.19. The standard InChI is InChI=1S/C24H19ClN4O5/c1-14-12-16(23(32)34-2)20-21(26-14)29(15-8-4-3-5-9-15)24(33)28(22(20)31)13-19(30)27-18-11-7-6-10-17(18)25/h3-12H,13H2,1-2H3,(H,27,30). The largest absolute Gasteiger partial charge is 0.465 e. The van der Waals surface area contributed by atoms with Crippen LogP contribution in [0.3, 0.4) is 0 Å². The third-order valence-electron chi connectivity index (χ3n) is 5.09. The average molecular weight is 479 g/mol. The normalized spacial score (nSPS) is 10.8. The second-order valence-electron chi connectivity index (χ2n) is 7.37. The predicted molar refractivity (Wildman–Crippen MR) is 128 cm³/mol. The third kappa shape index (κ3) is 4.20. The lowest BCUT2D eigenvalue weighted by Crippen LogP contribution is -2.43. The Morgan fingerprint density at radius 2 is 1.74 bits per heavy atom. The number of methoxy groups -OCH3 is 1. The van der Waals surface area contributed by atoms with Crippen LogP contribution in [0, 0.1) is 6.92 Å². The first-order chi connectivity index (χ1) is 16.3. The molecule has 9 nitrogen and oxygen atoms in total. The maximum Gasteiger partial charge on any atom is 0.338 e. The molecule has 4 aromatic rings. The van der Waals surface area contributed by atoms with Gasteiger partial charge in [-0.1, -0.05) is 41.9 Å². The highest BCUT2D eigenvalue weighted by Gasteiger charge is 2.23. The summed E-state index contributed by atoms with van der Waals surface area (Å²) < 4.78 is 6.80. The molecular formula is C24H19ClN4O5. The number of rotatable bonds is 5. The number of pyridine rings is 1. The molecule has 0 saturated heterocycles. The van der Waals surface area contributed by atoms with Gasteiger partial charge in [0.15, 0.2) is 5.65 Å². The molecule has 0 saturated carbocycles. The Balaban J connectivity index is 1.97. The minimum absolute atomic E-state index is 0.00985. The van der Waals surface area contributed by atoms with Crippen LogP contribution in [0.1, 0.15) is 16.1 Å². The summed E-state index contributed by atoms with van der Waals surface area (Å²) in [4.78, 5) is 56.6. The van der Waals surface area contributed by atoms with E-state index in [0.29, 0.717) is 22.1 Å². The monoisotopic (exact) mass is 478 g/mol. The summed E-state index contributed by atoms with van der Waals surface area (Å²) in [5, 5.41) is 2.76. The molecule has 1 amide bonds. The summed E-state index contributed by atoms with van der Waals surface area (Å²) in [5.74, 6) is -1.41. The maximum absolute atomic E-state index is 13.5. The van der Waals surface area contributed by atoms with Crippen molar-refractivity contribution in [1.29, 1.82) is 0 Å². The fraction of sp³-hybridized carbons (Fsp3) is 0.125. The van der Waals surface area contributed by atoms with Gasteiger partial charge in [0.2, 0.25) is 5.91 Å². The van der Waals surface area contributed by atoms with Crippen molar-refractivity contribution >= 4 is 40.2 Å². The van der Waals surface area contributed by atoms with Crippen LogP contribution >= 0.6 is 11.6 Å². The Morgan fingerprint density at radius 3 is 2.41 bits per heavy atom. The van der Waals surface area contributed by atoms with Crippen LogP contribution in [-0.4, -0.2) is 33.1 Å². The SMILES string of the molecule is COC(=O)c1cc(C)nc2c1c(=O)n(CC(=O)Nc1ccccc1Cl)c(=O)n2-c1ccccc1. The zero-order valence-corrected chi connectivity index (χ0v) is 19.0. The number of hydrogen-bond donors (Lipinski definition) is 1. The van der Waals surface area contributed by atoms with Crippen molar-refractivity contribution in [3.63, 3.8) is 0 Å². The van der Waals surface area contributed by atoms with Gasteiger partial charge in [-0.25, -0.2) is 23.7 Å². The molecule has 0 fully saturated rings. The highest BCUT2D eigenvalue weighted by atomic mass is 35.5. The number of hydrogen-bond acceptors (Lipinski definition) is 6. The molecular weight excluding hydrogens is 460 g/mol. The van der Waals surface area contributed by atoms with Crippen molar-refractivity contribution in [3.05, 3.63) is 97.8 Å². The van der Waals surface area contributed by atoms with E-state index < -0.39 is 29.7 Å². The van der Waals surface area contributed by atoms with Gasteiger partial charge in [-0.2, -0.15) is 0 Å². The molecule has 10 heteroatoms. The van der Waals surface area contributed by atoms with Gasteiger partial charge < -0.3 is 10.1 Å². The molecule has 2 aromatic heterocycles. The number of benzene rings is 2. The van der Waals surface area contributed by atoms with Crippen molar-refractivity contribution in [3.8, 4) is 5.69 Å². The summed E-state index contributed by atoms with van der Waals surface area (Å²) in [5.41, 5.74) is -0.540. The predicted octanol–water partition coefficient (Wildman–Crippen LogP) is 2.93. The van der Waals surface area contributed by atoms with Crippen molar-refractivity contribution in [2.24, 2.45) is 0 Å². The number of nitrogens with one attached hydrogen (secondary N) is 1. The number of esters is 1. The van der Waals surface area contributed by atoms with Crippen LogP contribution < -0.4 is 16.6 Å². The highest BCUT2D eigenvalue weighted by Crippen LogP contribution is 2.21. The topological polar surface area (TPSA) is 112 Å². The second-order valence-corrected chi connectivity index (χ2v) is 7.78. The molecule has 0 aliphatic heterocycles. The van der Waals surface area contributed by atoms with Crippen LogP contribution in [0.15, 0.2) is 70.3 Å². The van der Waals surface area contributed by atoms with E-state index in [4.69, 9.17) is 16.3 Å². The number of fused-ring (bicyclic) bond motifs is 1. The fourth-order valence-electron chi connectivity index (χ4n) is 3.58. The van der Waals surface area contributed by atoms with Crippen LogP contribution in [0.2, 0.25) is 5.02 Å². The van der Waals surface area contributed by atoms with Crippen LogP contribution in [0.4, 0.5) is 5.69 Å². The molecule has 4 rings (SSSR count). The molecule has 0 aliphatic rings. The summed E-state index contributed by atoms with van der Waals surface area (Å²) in [6.45, 7) is 1.02. The molecule has 2 aromatic carbocycles. The van der Waals surface area contributed by atoms with Crippen molar-refractivity contribution in [1.82, 2.24) is 14.1 Å². The lowest BCUT2D eigenvalue weighted by Gasteiger charge is -2.16. The Bertz CT molecular complexity index is 1540. The number of ether oxygens (including phenoxy) is 1. The van der Waals surface area contributed by atoms with E-state index in [0.717, 1.165) is 4.57 Å². The number of halogens is 1. The number of carbonyl (C=O) groups is 2. The van der Waals surface area contributed by atoms with E-state index in [-0.39, 0.29) is 16.6 Å². The van der Waals surface area contributed by atoms with Crippen LogP contribution in [-0.2, 0) is 16.1 Å². The van der Waals surface area contributed by atoms with E-state index in [1.54, 1.807) is 61.5 Å². The van der Waals surface area contributed by atoms with Gasteiger partial charge in [-0.15, -0.1) is 0 Å². The van der Waals surface area contributed by atoms with Crippen molar-refractivity contribution in [2.45, 2.75) is 13.5 Å². The summed E-state index contributed by atoms with van der Waals surface area (Å²) >= 11 is 6.09. The molecule has 34 heavy (non-hydrogen) atoms. The van der Waals surface area contributed by atoms with Crippen LogP contribution in [0.25, 0.3) is 16.7 Å². The molecule has 0 unspecified atom stereocenters. The number of nitrogens with zero attached hydrogens (tertiary/aromatic N) is 3. The smallest absolute Gasteiger partial charge is 0.338 e. The average Bonchev–Trinajstić information content (AvgIpc) is 2.83. The summed E-state index contributed by atoms with van der Waals surface area (Å²) in [6.07, 6.45) is 0. The molecule has 1 N–H and O–H groups in total. The number of carbonyl (C=O) groups excluding carboxylic acids is 2. The number of aromatic nitrogens is 3. The van der Waals surface area contributed by atoms with Gasteiger partial charge in [-0.3, -0.25) is 9.59 Å². The van der Waals surface area contributed by atoms with E-state index in [2.05, 4.69) is 10.3 Å². The molecule has 0 bridgehead atoms. The zero-order chi connectivity index (χ0) is 24.4. The second kappa shape index (κ2) is 9.32. The van der Waals surface area contributed by atoms with Gasteiger partial charge >= 0.3 is 11.7 Å². The van der Waals surface area contributed by atoms with Gasteiger partial charge in [0.25, 0.3) is 5.56 Å². The third-order valence-corrected chi connectivity index (χ3v) is 5.42. The Kier molecular flexibility index (Phi) is 6.29. The lowest BCUT2D eigenvalue weighted by molar-refractivity contribution is -0.116. The molecule has 0 aliphatic carbocycles. The fourth-order valence-corrected chi connectivity index (χ4v) is 3.76. The number of anilines is 1. The quantitative estimate of drug-likeness (QED) is 0.441. The number of amides is 1. The number of para-hydroxylation sites is 2. The zero-order valence-electron chi connectivity index (χ0n) is 18.2. The number of aryl methyl sites for hydroxylation is 1. The van der Waals surface area contributed by atoms with Gasteiger partial charge in [0.1, 0.15) is 6.54 Å². The minimum Gasteiger partial charge on any atom is -0.465 e. The Morgan fingerprint density at radius 1 is 1.06 bits per heavy atom. The lowest BCUT2D eigenvalue weighted by atomic mass is 10.1. The van der Waals surface area contributed by atoms with Crippen molar-refractivity contribution in [2.75, 3.05) is 12.4 Å². The van der Waals surface area contributed by atoms with E-state index in [1.165, 1.54) is 17.7 Å². The first-order valence-corrected chi connectivity index (χ1v) is 10.5. The molecule has 172 valence electrons. The van der Waals surface area contributed by atoms with Gasteiger partial charge in [0.05, 0.1) is 34.5 Å². The maximum atomic E-state index is 13.5. The first-order valence-electron chi connectivity index (χ1n) is 10.2. The molecule has 0 atom stereocenters. The molecule has 0 radical (unpaired) electrons. The van der Waals surface area contributed by atoms with Gasteiger partial charge in [-0.05, 0) is 37.3 Å². The van der Waals surface area contributed by atoms with E-state index in [1.807, 2.05) is 0 Å². The Hall–Kier alpha value is -4.24. The van der Waals surface area contributed by atoms with Crippen molar-refractivity contribution < 1.29 is 14.3 Å². The van der Waals surface area contributed by atoms with E-state index in [9.17, 15) is 19.2 Å². The first kappa shape index (κ1) is 22.9.